The standard InChI is InChI=1S/C14H16N2O2/c17-14(18)3-1-2-12-4-6-13(7-5-12)10-16-9-8-15-11-16/h4-9,11H,1-3,10H2,(H,17,18). The molecule has 0 fully saturated rings. The van der Waals surface area contributed by atoms with Gasteiger partial charge >= 0.3 is 5.97 Å². The molecule has 4 heteroatoms. The average Bonchev–Trinajstić information content (AvgIpc) is 2.84. The number of nitrogens with zero attached hydrogens (tertiary/aromatic N) is 2. The van der Waals surface area contributed by atoms with Crippen molar-refractivity contribution >= 4 is 5.97 Å². The molecule has 1 aromatic heterocycles. The van der Waals surface area contributed by atoms with Crippen LogP contribution in [0.25, 0.3) is 0 Å². The summed E-state index contributed by atoms with van der Waals surface area (Å²) in [5, 5.41) is 8.57. The molecule has 0 aliphatic carbocycles. The molecule has 1 aromatic carbocycles. The van der Waals surface area contributed by atoms with Crippen LogP contribution in [0.15, 0.2) is 43.0 Å². The fourth-order valence-electron chi connectivity index (χ4n) is 1.85. The Labute approximate surface area is 106 Å². The van der Waals surface area contributed by atoms with Crippen LogP contribution in [-0.2, 0) is 17.8 Å². The minimum Gasteiger partial charge on any atom is -0.481 e. The fourth-order valence-corrected chi connectivity index (χ4v) is 1.85. The van der Waals surface area contributed by atoms with Crippen molar-refractivity contribution in [3.8, 4) is 0 Å². The average molecular weight is 244 g/mol. The van der Waals surface area contributed by atoms with E-state index < -0.39 is 5.97 Å². The van der Waals surface area contributed by atoms with Gasteiger partial charge in [-0.3, -0.25) is 4.79 Å². The van der Waals surface area contributed by atoms with Crippen molar-refractivity contribution in [1.29, 1.82) is 0 Å². The second kappa shape index (κ2) is 6.00. The summed E-state index contributed by atoms with van der Waals surface area (Å²) in [7, 11) is 0. The van der Waals surface area contributed by atoms with Crippen LogP contribution in [0.1, 0.15) is 24.0 Å². The Bertz CT molecular complexity index is 489. The smallest absolute Gasteiger partial charge is 0.303 e. The maximum Gasteiger partial charge on any atom is 0.303 e. The van der Waals surface area contributed by atoms with E-state index in [4.69, 9.17) is 5.11 Å². The molecule has 0 spiro atoms. The Kier molecular flexibility index (Phi) is 4.12. The van der Waals surface area contributed by atoms with E-state index >= 15 is 0 Å². The Morgan fingerprint density at radius 3 is 2.56 bits per heavy atom. The van der Waals surface area contributed by atoms with Crippen LogP contribution in [0.4, 0.5) is 0 Å². The minimum absolute atomic E-state index is 0.233. The molecule has 0 amide bonds. The van der Waals surface area contributed by atoms with Crippen molar-refractivity contribution in [3.05, 3.63) is 54.1 Å². The lowest BCUT2D eigenvalue weighted by atomic mass is 10.1. The van der Waals surface area contributed by atoms with Gasteiger partial charge in [0.05, 0.1) is 6.33 Å². The number of imidazole rings is 1. The van der Waals surface area contributed by atoms with Crippen molar-refractivity contribution in [3.63, 3.8) is 0 Å². The van der Waals surface area contributed by atoms with E-state index in [2.05, 4.69) is 29.2 Å². The molecule has 0 unspecified atom stereocenters. The molecule has 1 heterocycles. The largest absolute Gasteiger partial charge is 0.481 e. The maximum atomic E-state index is 10.4. The number of carboxylic acids is 1. The predicted molar refractivity (Wildman–Crippen MR) is 68.3 cm³/mol. The van der Waals surface area contributed by atoms with E-state index in [1.807, 2.05) is 10.8 Å². The van der Waals surface area contributed by atoms with E-state index in [9.17, 15) is 4.79 Å². The predicted octanol–water partition coefficient (Wildman–Crippen LogP) is 2.34. The van der Waals surface area contributed by atoms with Gasteiger partial charge in [0.2, 0.25) is 0 Å². The highest BCUT2D eigenvalue weighted by molar-refractivity contribution is 5.66. The lowest BCUT2D eigenvalue weighted by molar-refractivity contribution is -0.137. The van der Waals surface area contributed by atoms with Crippen LogP contribution >= 0.6 is 0 Å². The zero-order valence-corrected chi connectivity index (χ0v) is 10.1. The van der Waals surface area contributed by atoms with Crippen molar-refractivity contribution in [2.75, 3.05) is 0 Å². The normalized spacial score (nSPS) is 10.4. The second-order valence-electron chi connectivity index (χ2n) is 4.30. The first-order valence-electron chi connectivity index (χ1n) is 5.99. The molecule has 0 aliphatic heterocycles. The molecule has 0 atom stereocenters. The number of carboxylic acid groups (broad SMARTS) is 1. The number of hydrogen-bond donors (Lipinski definition) is 1. The molecule has 0 saturated carbocycles. The molecular formula is C14H16N2O2. The summed E-state index contributed by atoms with van der Waals surface area (Å²) in [6.07, 6.45) is 7.23. The van der Waals surface area contributed by atoms with Crippen molar-refractivity contribution < 1.29 is 9.90 Å². The van der Waals surface area contributed by atoms with Crippen LogP contribution in [0, 0.1) is 0 Å². The van der Waals surface area contributed by atoms with Gasteiger partial charge in [0, 0.05) is 25.4 Å². The van der Waals surface area contributed by atoms with Crippen LogP contribution in [-0.4, -0.2) is 20.6 Å². The Morgan fingerprint density at radius 2 is 1.94 bits per heavy atom. The third-order valence-electron chi connectivity index (χ3n) is 2.80. The number of aromatic nitrogens is 2. The molecule has 2 aromatic rings. The van der Waals surface area contributed by atoms with Gasteiger partial charge in [0.25, 0.3) is 0 Å². The zero-order valence-electron chi connectivity index (χ0n) is 10.1. The van der Waals surface area contributed by atoms with Crippen molar-refractivity contribution in [1.82, 2.24) is 9.55 Å². The first-order valence-corrected chi connectivity index (χ1v) is 5.99. The van der Waals surface area contributed by atoms with Crippen LogP contribution in [0.2, 0.25) is 0 Å². The summed E-state index contributed by atoms with van der Waals surface area (Å²) >= 11 is 0. The summed E-state index contributed by atoms with van der Waals surface area (Å²) < 4.78 is 2.01. The highest BCUT2D eigenvalue weighted by Gasteiger charge is 1.99. The number of aliphatic carboxylic acids is 1. The quantitative estimate of drug-likeness (QED) is 0.848. The van der Waals surface area contributed by atoms with Gasteiger partial charge < -0.3 is 9.67 Å². The van der Waals surface area contributed by atoms with Gasteiger partial charge in [0.15, 0.2) is 0 Å². The number of aryl methyl sites for hydroxylation is 1. The Balaban J connectivity index is 1.87. The summed E-state index contributed by atoms with van der Waals surface area (Å²) in [5.41, 5.74) is 2.40. The minimum atomic E-state index is -0.730. The molecule has 0 radical (unpaired) electrons. The molecular weight excluding hydrogens is 228 g/mol. The molecule has 2 rings (SSSR count). The van der Waals surface area contributed by atoms with Gasteiger partial charge in [0.1, 0.15) is 0 Å². The molecule has 94 valence electrons. The molecule has 0 aliphatic rings. The number of carbonyl (C=O) groups is 1. The molecule has 18 heavy (non-hydrogen) atoms. The van der Waals surface area contributed by atoms with E-state index in [-0.39, 0.29) is 6.42 Å². The van der Waals surface area contributed by atoms with Crippen LogP contribution in [0.3, 0.4) is 0 Å². The maximum absolute atomic E-state index is 10.4. The highest BCUT2D eigenvalue weighted by atomic mass is 16.4. The third-order valence-corrected chi connectivity index (χ3v) is 2.80. The van der Waals surface area contributed by atoms with E-state index in [1.54, 1.807) is 12.5 Å². The van der Waals surface area contributed by atoms with E-state index in [1.165, 1.54) is 11.1 Å². The number of rotatable bonds is 6. The SMILES string of the molecule is O=C(O)CCCc1ccc(Cn2ccnc2)cc1. The monoisotopic (exact) mass is 244 g/mol. The zero-order chi connectivity index (χ0) is 12.8. The topological polar surface area (TPSA) is 55.1 Å². The Hall–Kier alpha value is -2.10. The van der Waals surface area contributed by atoms with Crippen molar-refractivity contribution in [2.45, 2.75) is 25.8 Å². The number of benzene rings is 1. The Morgan fingerprint density at radius 1 is 1.22 bits per heavy atom. The highest BCUT2D eigenvalue weighted by Crippen LogP contribution is 2.09. The molecule has 0 bridgehead atoms. The van der Waals surface area contributed by atoms with E-state index in [0.717, 1.165) is 13.0 Å². The van der Waals surface area contributed by atoms with Crippen LogP contribution in [0.5, 0.6) is 0 Å². The second-order valence-corrected chi connectivity index (χ2v) is 4.30. The lowest BCUT2D eigenvalue weighted by Gasteiger charge is -2.04. The molecule has 4 nitrogen and oxygen atoms in total. The van der Waals surface area contributed by atoms with Gasteiger partial charge in [-0.1, -0.05) is 24.3 Å². The first kappa shape index (κ1) is 12.4. The molecule has 0 saturated heterocycles. The summed E-state index contributed by atoms with van der Waals surface area (Å²) in [5.74, 6) is -0.730. The lowest BCUT2D eigenvalue weighted by Crippen LogP contribution is -1.98. The summed E-state index contributed by atoms with van der Waals surface area (Å²) in [6, 6.07) is 8.29. The number of hydrogen-bond acceptors (Lipinski definition) is 2. The van der Waals surface area contributed by atoms with Crippen LogP contribution < -0.4 is 0 Å². The van der Waals surface area contributed by atoms with E-state index in [0.29, 0.717) is 6.42 Å². The fraction of sp³-hybridized carbons (Fsp3) is 0.286. The third kappa shape index (κ3) is 3.73. The van der Waals surface area contributed by atoms with Gasteiger partial charge in [-0.15, -0.1) is 0 Å². The summed E-state index contributed by atoms with van der Waals surface area (Å²) in [6.45, 7) is 0.815. The van der Waals surface area contributed by atoms with Gasteiger partial charge in [-0.25, -0.2) is 4.98 Å². The molecule has 1 N–H and O–H groups in total. The van der Waals surface area contributed by atoms with Gasteiger partial charge in [-0.2, -0.15) is 0 Å². The van der Waals surface area contributed by atoms with Gasteiger partial charge in [-0.05, 0) is 24.0 Å². The van der Waals surface area contributed by atoms with Crippen molar-refractivity contribution in [2.24, 2.45) is 0 Å². The first-order chi connectivity index (χ1) is 8.74. The summed E-state index contributed by atoms with van der Waals surface area (Å²) in [4.78, 5) is 14.4.